The van der Waals surface area contributed by atoms with Gasteiger partial charge in [0, 0.05) is 6.42 Å². The molecule has 0 aliphatic carbocycles. The first-order valence-corrected chi connectivity index (χ1v) is 11.4. The Morgan fingerprint density at radius 3 is 1.29 bits per heavy atom. The largest absolute Gasteiger partial charge is 0.449 e. The van der Waals surface area contributed by atoms with Gasteiger partial charge in [0.2, 0.25) is 5.40 Å². The van der Waals surface area contributed by atoms with E-state index in [1.165, 1.54) is 0 Å². The van der Waals surface area contributed by atoms with Crippen LogP contribution in [0.1, 0.15) is 53.9 Å². The summed E-state index contributed by atoms with van der Waals surface area (Å²) in [6.07, 6.45) is 2.83. The lowest BCUT2D eigenvalue weighted by Gasteiger charge is -2.33. The van der Waals surface area contributed by atoms with Gasteiger partial charge in [-0.25, -0.2) is 18.1 Å². The Hall–Kier alpha value is 0.830. The van der Waals surface area contributed by atoms with E-state index in [2.05, 4.69) is 6.92 Å². The van der Waals surface area contributed by atoms with Crippen LogP contribution in [0.5, 0.6) is 0 Å². The van der Waals surface area contributed by atoms with Gasteiger partial charge < -0.3 is 0 Å². The van der Waals surface area contributed by atoms with Gasteiger partial charge in [-0.15, -0.1) is 0 Å². The van der Waals surface area contributed by atoms with E-state index < -0.39 is 15.2 Å². The van der Waals surface area contributed by atoms with Crippen LogP contribution in [-0.2, 0) is 18.1 Å². The SMILES string of the molecule is [B][P+](OCC)(OCC)C(CCCC)[P+]([B])(OCC)OCC. The van der Waals surface area contributed by atoms with Crippen molar-refractivity contribution in [3.63, 3.8) is 0 Å². The summed E-state index contributed by atoms with van der Waals surface area (Å²) in [6.45, 7) is 11.7. The molecule has 0 aliphatic heterocycles. The summed E-state index contributed by atoms with van der Waals surface area (Å²) in [5.74, 6) is 0. The summed E-state index contributed by atoms with van der Waals surface area (Å²) in [6, 6.07) is 0. The average molecular weight is 334 g/mol. The second-order valence-electron chi connectivity index (χ2n) is 4.58. The van der Waals surface area contributed by atoms with Crippen molar-refractivity contribution in [1.82, 2.24) is 0 Å². The molecule has 0 bridgehead atoms. The molecule has 0 saturated heterocycles. The average Bonchev–Trinajstić information content (AvgIpc) is 2.40. The molecule has 0 amide bonds. The third-order valence-electron chi connectivity index (χ3n) is 2.97. The summed E-state index contributed by atoms with van der Waals surface area (Å²) >= 11 is 0. The molecule has 0 N–H and O–H groups in total. The molecule has 4 radical (unpaired) electrons. The summed E-state index contributed by atoms with van der Waals surface area (Å²) < 4.78 is 23.3. The van der Waals surface area contributed by atoms with Crippen LogP contribution in [0, 0.1) is 0 Å². The third-order valence-corrected chi connectivity index (χ3v) is 9.73. The monoisotopic (exact) mass is 334 g/mol. The van der Waals surface area contributed by atoms with Crippen LogP contribution in [0.4, 0.5) is 0 Å². The highest BCUT2D eigenvalue weighted by molar-refractivity contribution is 8.05. The van der Waals surface area contributed by atoms with Crippen LogP contribution in [-0.4, -0.2) is 47.0 Å². The Bertz CT molecular complexity index is 239. The smallest absolute Gasteiger partial charge is 0.222 e. The molecule has 21 heavy (non-hydrogen) atoms. The van der Waals surface area contributed by atoms with Gasteiger partial charge in [-0.05, 0) is 34.1 Å². The highest BCUT2D eigenvalue weighted by Gasteiger charge is 2.62. The van der Waals surface area contributed by atoms with E-state index in [0.29, 0.717) is 26.4 Å². The number of hydrogen-bond donors (Lipinski definition) is 0. The van der Waals surface area contributed by atoms with Crippen LogP contribution in [0.2, 0.25) is 0 Å². The van der Waals surface area contributed by atoms with Gasteiger partial charge in [-0.3, -0.25) is 0 Å². The van der Waals surface area contributed by atoms with E-state index in [-0.39, 0.29) is 5.40 Å². The van der Waals surface area contributed by atoms with E-state index in [1.807, 2.05) is 27.7 Å². The summed E-state index contributed by atoms with van der Waals surface area (Å²) in [4.78, 5) is 0. The molecule has 0 aliphatic rings. The molecule has 0 heterocycles. The Labute approximate surface area is 134 Å². The minimum absolute atomic E-state index is 0.204. The maximum atomic E-state index is 6.51. The van der Waals surface area contributed by atoms with Gasteiger partial charge >= 0.3 is 15.1 Å². The van der Waals surface area contributed by atoms with E-state index in [1.54, 1.807) is 0 Å². The Kier molecular flexibility index (Phi) is 11.8. The molecule has 0 aromatic carbocycles. The van der Waals surface area contributed by atoms with E-state index in [0.717, 1.165) is 19.3 Å². The van der Waals surface area contributed by atoms with Crippen LogP contribution in [0.15, 0.2) is 0 Å². The standard InChI is InChI=1S/C13H30B2O4P2/c1-6-11-12-13(20(14,16-7-2)17-8-3)21(15,18-9-4)19-10-5/h13H,6-12H2,1-5H3/q+2. The van der Waals surface area contributed by atoms with Gasteiger partial charge in [0.1, 0.15) is 0 Å². The molecule has 120 valence electrons. The minimum atomic E-state index is -2.62. The van der Waals surface area contributed by atoms with Crippen molar-refractivity contribution in [2.45, 2.75) is 59.3 Å². The fourth-order valence-electron chi connectivity index (χ4n) is 2.20. The molecule has 0 atom stereocenters. The Balaban J connectivity index is 5.44. The van der Waals surface area contributed by atoms with Crippen LogP contribution >= 0.6 is 15.2 Å². The van der Waals surface area contributed by atoms with Gasteiger partial charge in [0.15, 0.2) is 0 Å². The van der Waals surface area contributed by atoms with Gasteiger partial charge in [-0.1, -0.05) is 13.3 Å². The minimum Gasteiger partial charge on any atom is -0.222 e. The quantitative estimate of drug-likeness (QED) is 0.367. The lowest BCUT2D eigenvalue weighted by atomic mass is 10.3. The zero-order chi connectivity index (χ0) is 16.4. The van der Waals surface area contributed by atoms with Crippen molar-refractivity contribution in [1.29, 1.82) is 0 Å². The second kappa shape index (κ2) is 11.4. The first kappa shape index (κ1) is 21.8. The molecule has 0 aromatic rings. The zero-order valence-corrected chi connectivity index (χ0v) is 16.0. The van der Waals surface area contributed by atoms with Crippen molar-refractivity contribution in [3.05, 3.63) is 0 Å². The van der Waals surface area contributed by atoms with Gasteiger partial charge in [0.05, 0.1) is 26.4 Å². The molecular formula is C13H30B2O4P2+2. The van der Waals surface area contributed by atoms with Gasteiger partial charge in [0.25, 0.3) is 15.2 Å². The third kappa shape index (κ3) is 6.85. The molecule has 8 heteroatoms. The van der Waals surface area contributed by atoms with E-state index in [4.69, 9.17) is 33.2 Å². The van der Waals surface area contributed by atoms with Crippen LogP contribution in [0.3, 0.4) is 0 Å². The fourth-order valence-corrected chi connectivity index (χ4v) is 8.33. The zero-order valence-electron chi connectivity index (χ0n) is 14.2. The molecule has 0 unspecified atom stereocenters. The predicted octanol–water partition coefficient (Wildman–Crippen LogP) is 4.51. The van der Waals surface area contributed by atoms with Crippen LogP contribution < -0.4 is 0 Å². The topological polar surface area (TPSA) is 36.9 Å². The highest BCUT2D eigenvalue weighted by Crippen LogP contribution is 2.79. The fraction of sp³-hybridized carbons (Fsp3) is 1.00. The molecular weight excluding hydrogens is 304 g/mol. The van der Waals surface area contributed by atoms with Crippen molar-refractivity contribution in [3.8, 4) is 0 Å². The van der Waals surface area contributed by atoms with E-state index >= 15 is 0 Å². The van der Waals surface area contributed by atoms with Crippen LogP contribution in [0.25, 0.3) is 0 Å². The first-order valence-electron chi connectivity index (χ1n) is 7.86. The number of unbranched alkanes of at least 4 members (excludes halogenated alkanes) is 1. The normalized spacial score (nSPS) is 13.0. The maximum absolute atomic E-state index is 6.51. The predicted molar refractivity (Wildman–Crippen MR) is 95.2 cm³/mol. The van der Waals surface area contributed by atoms with Crippen molar-refractivity contribution in [2.75, 3.05) is 26.4 Å². The first-order chi connectivity index (χ1) is 9.94. The maximum Gasteiger partial charge on any atom is 0.449 e. The highest BCUT2D eigenvalue weighted by atomic mass is 31.3. The molecule has 0 saturated carbocycles. The summed E-state index contributed by atoms with van der Waals surface area (Å²) in [7, 11) is 7.78. The number of hydrogen-bond acceptors (Lipinski definition) is 4. The van der Waals surface area contributed by atoms with Gasteiger partial charge in [-0.2, -0.15) is 0 Å². The van der Waals surface area contributed by atoms with Crippen molar-refractivity contribution >= 4 is 30.3 Å². The summed E-state index contributed by atoms with van der Waals surface area (Å²) in [5.41, 5.74) is 0. The van der Waals surface area contributed by atoms with E-state index in [9.17, 15) is 0 Å². The van der Waals surface area contributed by atoms with Crippen molar-refractivity contribution < 1.29 is 18.1 Å². The molecule has 0 fully saturated rings. The molecule has 0 spiro atoms. The Morgan fingerprint density at radius 1 is 0.714 bits per heavy atom. The Morgan fingerprint density at radius 2 is 1.05 bits per heavy atom. The lowest BCUT2D eigenvalue weighted by molar-refractivity contribution is 0.238. The number of rotatable bonds is 13. The second-order valence-corrected chi connectivity index (χ2v) is 9.85. The van der Waals surface area contributed by atoms with Crippen molar-refractivity contribution in [2.24, 2.45) is 0 Å². The molecule has 0 rings (SSSR count). The summed E-state index contributed by atoms with van der Waals surface area (Å²) in [5, 5.41) is -0.204. The molecule has 4 nitrogen and oxygen atoms in total. The molecule has 0 aromatic heterocycles. The lowest BCUT2D eigenvalue weighted by Crippen LogP contribution is -2.26.